The highest BCUT2D eigenvalue weighted by molar-refractivity contribution is 5.80. The summed E-state index contributed by atoms with van der Waals surface area (Å²) in [6, 6.07) is 0. The lowest BCUT2D eigenvalue weighted by atomic mass is 10.2. The van der Waals surface area contributed by atoms with Gasteiger partial charge in [-0.15, -0.1) is 0 Å². The Bertz CT molecular complexity index is 136. The van der Waals surface area contributed by atoms with Crippen LogP contribution in [0.15, 0.2) is 0 Å². The maximum atomic E-state index is 10.7. The second-order valence-corrected chi connectivity index (χ2v) is 2.92. The van der Waals surface area contributed by atoms with Crippen LogP contribution in [0.25, 0.3) is 0 Å². The molecule has 1 heterocycles. The Balaban J connectivity index is 2.04. The molecule has 1 rings (SSSR count). The fraction of sp³-hybridized carbons (Fsp3) is 0.875. The summed E-state index contributed by atoms with van der Waals surface area (Å²) < 4.78 is 0. The van der Waals surface area contributed by atoms with Crippen molar-refractivity contribution in [1.82, 2.24) is 10.6 Å². The van der Waals surface area contributed by atoms with E-state index in [1.165, 1.54) is 19.3 Å². The zero-order chi connectivity index (χ0) is 8.10. The third-order valence-corrected chi connectivity index (χ3v) is 1.86. The Kier molecular flexibility index (Phi) is 3.36. The van der Waals surface area contributed by atoms with Crippen LogP contribution in [0.2, 0.25) is 0 Å². The summed E-state index contributed by atoms with van der Waals surface area (Å²) in [7, 11) is 0. The van der Waals surface area contributed by atoms with Crippen LogP contribution in [-0.4, -0.2) is 18.6 Å². The van der Waals surface area contributed by atoms with Gasteiger partial charge in [-0.25, -0.2) is 5.32 Å². The summed E-state index contributed by atoms with van der Waals surface area (Å²) >= 11 is 0. The number of nitrogens with zero attached hydrogens (tertiary/aromatic N) is 1. The normalized spacial score (nSPS) is 23.7. The number of hydrogen-bond donors (Lipinski definition) is 1. The maximum Gasteiger partial charge on any atom is 0.237 e. The van der Waals surface area contributed by atoms with E-state index in [1.54, 1.807) is 0 Å². The fourth-order valence-corrected chi connectivity index (χ4v) is 1.22. The summed E-state index contributed by atoms with van der Waals surface area (Å²) in [6.07, 6.45) is 4.77. The number of carbonyl (C=O) groups is 1. The van der Waals surface area contributed by atoms with Crippen LogP contribution in [0.5, 0.6) is 0 Å². The molecule has 1 amide bonds. The van der Waals surface area contributed by atoms with Gasteiger partial charge in [-0.05, 0) is 6.42 Å². The van der Waals surface area contributed by atoms with Gasteiger partial charge in [0.05, 0.1) is 12.7 Å². The maximum absolute atomic E-state index is 10.7. The van der Waals surface area contributed by atoms with Crippen LogP contribution in [0, 0.1) is 0 Å². The van der Waals surface area contributed by atoms with Gasteiger partial charge >= 0.3 is 0 Å². The smallest absolute Gasteiger partial charge is 0.237 e. The quantitative estimate of drug-likeness (QED) is 0.594. The van der Waals surface area contributed by atoms with Crippen molar-refractivity contribution in [3.63, 3.8) is 0 Å². The van der Waals surface area contributed by atoms with Crippen molar-refractivity contribution >= 4 is 5.91 Å². The Morgan fingerprint density at radius 1 is 1.64 bits per heavy atom. The molecule has 1 saturated heterocycles. The second-order valence-electron chi connectivity index (χ2n) is 2.92. The molecule has 0 aromatic carbocycles. The number of nitrogens with one attached hydrogen (secondary N) is 1. The standard InChI is InChI=1S/C8H15N2O/c1-2-3-4-5-7-9-6-8(11)10-7/h7H,2-6H2,1H3,(H,10,11). The monoisotopic (exact) mass is 155 g/mol. The van der Waals surface area contributed by atoms with E-state index >= 15 is 0 Å². The molecule has 0 aromatic heterocycles. The number of amides is 1. The number of unbranched alkanes of at least 4 members (excludes halogenated alkanes) is 2. The predicted octanol–water partition coefficient (Wildman–Crippen LogP) is 0.627. The molecular formula is C8H15N2O. The molecule has 0 saturated carbocycles. The molecule has 63 valence electrons. The van der Waals surface area contributed by atoms with Gasteiger partial charge in [0.1, 0.15) is 0 Å². The summed E-state index contributed by atoms with van der Waals surface area (Å²) in [6.45, 7) is 2.54. The van der Waals surface area contributed by atoms with Gasteiger partial charge < -0.3 is 5.32 Å². The van der Waals surface area contributed by atoms with Gasteiger partial charge in [0, 0.05) is 0 Å². The molecule has 1 fully saturated rings. The summed E-state index contributed by atoms with van der Waals surface area (Å²) in [5.41, 5.74) is 0. The Hall–Kier alpha value is -0.570. The third kappa shape index (κ3) is 2.89. The van der Waals surface area contributed by atoms with E-state index in [2.05, 4.69) is 17.6 Å². The first-order valence-electron chi connectivity index (χ1n) is 4.29. The van der Waals surface area contributed by atoms with Crippen LogP contribution < -0.4 is 10.6 Å². The van der Waals surface area contributed by atoms with Gasteiger partial charge in [-0.3, -0.25) is 4.79 Å². The van der Waals surface area contributed by atoms with Crippen molar-refractivity contribution in [2.45, 2.75) is 38.8 Å². The minimum atomic E-state index is 0.0755. The summed E-state index contributed by atoms with van der Waals surface area (Å²) in [5, 5.41) is 6.94. The third-order valence-electron chi connectivity index (χ3n) is 1.86. The molecule has 11 heavy (non-hydrogen) atoms. The van der Waals surface area contributed by atoms with E-state index in [0.717, 1.165) is 6.42 Å². The number of carbonyl (C=O) groups excluding carboxylic acids is 1. The average Bonchev–Trinajstić information content (AvgIpc) is 2.37. The van der Waals surface area contributed by atoms with Crippen LogP contribution in [0.4, 0.5) is 0 Å². The molecule has 1 radical (unpaired) electrons. The molecule has 0 aliphatic carbocycles. The van der Waals surface area contributed by atoms with Crippen molar-refractivity contribution in [3.05, 3.63) is 0 Å². The Morgan fingerprint density at radius 3 is 3.00 bits per heavy atom. The van der Waals surface area contributed by atoms with E-state index in [4.69, 9.17) is 0 Å². The Labute approximate surface area is 67.5 Å². The zero-order valence-electron chi connectivity index (χ0n) is 6.97. The van der Waals surface area contributed by atoms with Crippen molar-refractivity contribution in [3.8, 4) is 0 Å². The highest BCUT2D eigenvalue weighted by Gasteiger charge is 2.19. The van der Waals surface area contributed by atoms with E-state index in [0.29, 0.717) is 6.54 Å². The molecule has 1 N–H and O–H groups in total. The van der Waals surface area contributed by atoms with Gasteiger partial charge in [0.15, 0.2) is 0 Å². The highest BCUT2D eigenvalue weighted by Crippen LogP contribution is 2.04. The molecule has 3 heteroatoms. The lowest BCUT2D eigenvalue weighted by molar-refractivity contribution is -0.118. The molecule has 1 aliphatic heterocycles. The molecule has 3 nitrogen and oxygen atoms in total. The first-order chi connectivity index (χ1) is 5.33. The van der Waals surface area contributed by atoms with Crippen molar-refractivity contribution < 1.29 is 4.79 Å². The summed E-state index contributed by atoms with van der Waals surface area (Å²) in [5.74, 6) is 0.0755. The Morgan fingerprint density at radius 2 is 2.45 bits per heavy atom. The van der Waals surface area contributed by atoms with E-state index in [9.17, 15) is 4.79 Å². The van der Waals surface area contributed by atoms with Crippen molar-refractivity contribution in [2.24, 2.45) is 0 Å². The lowest BCUT2D eigenvalue weighted by Crippen LogP contribution is -2.28. The molecule has 0 aromatic rings. The number of rotatable bonds is 4. The van der Waals surface area contributed by atoms with Crippen LogP contribution >= 0.6 is 0 Å². The molecule has 1 aliphatic rings. The van der Waals surface area contributed by atoms with E-state index < -0.39 is 0 Å². The summed E-state index contributed by atoms with van der Waals surface area (Å²) in [4.78, 5) is 10.7. The molecular weight excluding hydrogens is 140 g/mol. The lowest BCUT2D eigenvalue weighted by Gasteiger charge is -2.06. The largest absolute Gasteiger partial charge is 0.338 e. The van der Waals surface area contributed by atoms with Gasteiger partial charge in [0.25, 0.3) is 0 Å². The number of hydrogen-bond acceptors (Lipinski definition) is 1. The van der Waals surface area contributed by atoms with E-state index in [-0.39, 0.29) is 12.1 Å². The highest BCUT2D eigenvalue weighted by atomic mass is 16.2. The minimum Gasteiger partial charge on any atom is -0.338 e. The van der Waals surface area contributed by atoms with Crippen LogP contribution in [0.1, 0.15) is 32.6 Å². The first kappa shape index (κ1) is 8.53. The predicted molar refractivity (Wildman–Crippen MR) is 43.1 cm³/mol. The average molecular weight is 155 g/mol. The first-order valence-corrected chi connectivity index (χ1v) is 4.29. The molecule has 1 unspecified atom stereocenters. The second kappa shape index (κ2) is 4.34. The van der Waals surface area contributed by atoms with Crippen LogP contribution in [0.3, 0.4) is 0 Å². The molecule has 1 atom stereocenters. The topological polar surface area (TPSA) is 43.2 Å². The molecule has 0 spiro atoms. The zero-order valence-corrected chi connectivity index (χ0v) is 6.97. The van der Waals surface area contributed by atoms with Crippen molar-refractivity contribution in [1.29, 1.82) is 0 Å². The van der Waals surface area contributed by atoms with Gasteiger partial charge in [0.2, 0.25) is 5.91 Å². The minimum absolute atomic E-state index is 0.0755. The fourth-order valence-electron chi connectivity index (χ4n) is 1.22. The van der Waals surface area contributed by atoms with Crippen LogP contribution in [-0.2, 0) is 4.79 Å². The van der Waals surface area contributed by atoms with E-state index in [1.807, 2.05) is 0 Å². The van der Waals surface area contributed by atoms with Crippen molar-refractivity contribution in [2.75, 3.05) is 6.54 Å². The SMILES string of the molecule is CCCCCC1[N]CC(=O)N1. The van der Waals surface area contributed by atoms with Gasteiger partial charge in [-0.2, -0.15) is 0 Å². The molecule has 0 bridgehead atoms. The van der Waals surface area contributed by atoms with Gasteiger partial charge in [-0.1, -0.05) is 26.2 Å².